The van der Waals surface area contributed by atoms with Gasteiger partial charge < -0.3 is 4.74 Å². The van der Waals surface area contributed by atoms with E-state index < -0.39 is 0 Å². The normalized spacial score (nSPS) is 41.3. The predicted octanol–water partition coefficient (Wildman–Crippen LogP) is 3.73. The maximum absolute atomic E-state index is 12.4. The lowest BCUT2D eigenvalue weighted by atomic mass is 9.47. The van der Waals surface area contributed by atoms with Crippen molar-refractivity contribution in [2.75, 3.05) is 0 Å². The van der Waals surface area contributed by atoms with Gasteiger partial charge in [-0.1, -0.05) is 38.5 Å². The van der Waals surface area contributed by atoms with E-state index in [2.05, 4.69) is 26.0 Å². The van der Waals surface area contributed by atoms with Gasteiger partial charge in [-0.15, -0.1) is 0 Å². The molecule has 4 heteroatoms. The zero-order chi connectivity index (χ0) is 17.7. The quantitative estimate of drug-likeness (QED) is 0.543. The van der Waals surface area contributed by atoms with Crippen LogP contribution < -0.4 is 0 Å². The fourth-order valence-corrected chi connectivity index (χ4v) is 5.42. The summed E-state index contributed by atoms with van der Waals surface area (Å²) in [6.45, 7) is 7.74. The number of ketones is 1. The lowest BCUT2D eigenvalue weighted by Crippen LogP contribution is -2.53. The average molecular weight is 327 g/mol. The molecule has 3 unspecified atom stereocenters. The highest BCUT2D eigenvalue weighted by atomic mass is 16.5. The molecule has 0 aromatic carbocycles. The molecule has 0 aromatic heterocycles. The molecule has 4 nitrogen and oxygen atoms in total. The number of allylic oxidation sites excluding steroid dienone is 3. The standard InChI is InChI=1S/C20H25NO3/c1-12-15-8-9-19(3)16(6-5-7-17(19)24-13(2)22)20(15,4)10-14(11-21)18(12)23/h6,10,12,15,17H,5,7-9H2,1-4H3/t12-,15?,17-,19?,20?/m1/s1. The first kappa shape index (κ1) is 17.0. The Kier molecular flexibility index (Phi) is 3.94. The molecule has 3 aliphatic carbocycles. The van der Waals surface area contributed by atoms with Gasteiger partial charge in [0.15, 0.2) is 5.78 Å². The van der Waals surface area contributed by atoms with Gasteiger partial charge in [0.2, 0.25) is 0 Å². The Balaban J connectivity index is 2.10. The number of Topliss-reactive ketones (excluding diaryl/α,β-unsaturated/α-hetero) is 1. The van der Waals surface area contributed by atoms with Crippen LogP contribution in [0.1, 0.15) is 53.4 Å². The van der Waals surface area contributed by atoms with Gasteiger partial charge in [0.25, 0.3) is 0 Å². The van der Waals surface area contributed by atoms with E-state index in [0.717, 1.165) is 25.7 Å². The van der Waals surface area contributed by atoms with Crippen LogP contribution in [-0.2, 0) is 14.3 Å². The number of rotatable bonds is 1. The minimum absolute atomic E-state index is 0.0310. The predicted molar refractivity (Wildman–Crippen MR) is 89.7 cm³/mol. The van der Waals surface area contributed by atoms with Crippen molar-refractivity contribution in [2.45, 2.75) is 59.5 Å². The smallest absolute Gasteiger partial charge is 0.302 e. The minimum Gasteiger partial charge on any atom is -0.462 e. The van der Waals surface area contributed by atoms with Crippen molar-refractivity contribution < 1.29 is 14.3 Å². The van der Waals surface area contributed by atoms with Gasteiger partial charge in [0.1, 0.15) is 12.2 Å². The van der Waals surface area contributed by atoms with Crippen LogP contribution in [0.4, 0.5) is 0 Å². The van der Waals surface area contributed by atoms with Crippen molar-refractivity contribution in [1.82, 2.24) is 0 Å². The lowest BCUT2D eigenvalue weighted by molar-refractivity contribution is -0.155. The molecule has 3 rings (SSSR count). The number of esters is 1. The summed E-state index contributed by atoms with van der Waals surface area (Å²) in [7, 11) is 0. The van der Waals surface area contributed by atoms with Crippen LogP contribution in [0.15, 0.2) is 23.3 Å². The van der Waals surface area contributed by atoms with E-state index >= 15 is 0 Å². The number of carbonyl (C=O) groups excluding carboxylic acids is 2. The molecule has 0 saturated heterocycles. The second-order valence-electron chi connectivity index (χ2n) is 7.96. The monoisotopic (exact) mass is 327 g/mol. The highest BCUT2D eigenvalue weighted by molar-refractivity contribution is 6.02. The Morgan fingerprint density at radius 2 is 2.08 bits per heavy atom. The summed E-state index contributed by atoms with van der Waals surface area (Å²) in [6.07, 6.45) is 7.54. The van der Waals surface area contributed by atoms with E-state index in [9.17, 15) is 14.9 Å². The molecule has 0 bridgehead atoms. The molecule has 1 fully saturated rings. The highest BCUT2D eigenvalue weighted by Crippen LogP contribution is 2.62. The van der Waals surface area contributed by atoms with E-state index in [4.69, 9.17) is 4.74 Å². The maximum Gasteiger partial charge on any atom is 0.302 e. The molecule has 0 amide bonds. The Labute approximate surface area is 143 Å². The van der Waals surface area contributed by atoms with E-state index in [1.54, 1.807) is 0 Å². The third kappa shape index (κ3) is 2.25. The molecular weight excluding hydrogens is 302 g/mol. The van der Waals surface area contributed by atoms with E-state index in [1.165, 1.54) is 12.5 Å². The summed E-state index contributed by atoms with van der Waals surface area (Å²) in [5.41, 5.74) is 0.994. The van der Waals surface area contributed by atoms with E-state index in [-0.39, 0.29) is 46.1 Å². The molecule has 0 heterocycles. The van der Waals surface area contributed by atoms with Gasteiger partial charge in [-0.2, -0.15) is 5.26 Å². The van der Waals surface area contributed by atoms with E-state index in [1.807, 2.05) is 13.0 Å². The van der Waals surface area contributed by atoms with Crippen molar-refractivity contribution in [2.24, 2.45) is 22.7 Å². The first-order valence-electron chi connectivity index (χ1n) is 8.79. The SMILES string of the molecule is CC(=O)O[C@@H]1CCC=C2C3(C)C=C(C#N)C(=O)[C@H](C)C3CCC21C. The summed E-state index contributed by atoms with van der Waals surface area (Å²) in [6, 6.07) is 2.09. The number of nitrogens with zero attached hydrogens (tertiary/aromatic N) is 1. The summed E-state index contributed by atoms with van der Waals surface area (Å²) in [5, 5.41) is 9.39. The molecule has 5 atom stereocenters. The average Bonchev–Trinajstić information content (AvgIpc) is 2.52. The Morgan fingerprint density at radius 1 is 1.38 bits per heavy atom. The van der Waals surface area contributed by atoms with Gasteiger partial charge >= 0.3 is 5.97 Å². The highest BCUT2D eigenvalue weighted by Gasteiger charge is 2.57. The molecule has 0 radical (unpaired) electrons. The maximum atomic E-state index is 12.4. The first-order chi connectivity index (χ1) is 11.2. The van der Waals surface area contributed by atoms with Gasteiger partial charge in [-0.25, -0.2) is 0 Å². The summed E-state index contributed by atoms with van der Waals surface area (Å²) < 4.78 is 5.66. The minimum atomic E-state index is -0.315. The summed E-state index contributed by atoms with van der Waals surface area (Å²) in [5.74, 6) is -0.210. The summed E-state index contributed by atoms with van der Waals surface area (Å²) in [4.78, 5) is 24.0. The number of ether oxygens (including phenoxy) is 1. The zero-order valence-electron chi connectivity index (χ0n) is 14.9. The Hall–Kier alpha value is -1.89. The van der Waals surface area contributed by atoms with Crippen LogP contribution in [-0.4, -0.2) is 17.9 Å². The van der Waals surface area contributed by atoms with E-state index in [0.29, 0.717) is 0 Å². The van der Waals surface area contributed by atoms with Crippen molar-refractivity contribution in [3.05, 3.63) is 23.3 Å². The first-order valence-corrected chi connectivity index (χ1v) is 8.79. The molecule has 0 N–H and O–H groups in total. The number of fused-ring (bicyclic) bond motifs is 3. The largest absolute Gasteiger partial charge is 0.462 e. The number of hydrogen-bond acceptors (Lipinski definition) is 4. The van der Waals surface area contributed by atoms with Crippen molar-refractivity contribution in [1.29, 1.82) is 5.26 Å². The molecule has 0 spiro atoms. The lowest BCUT2D eigenvalue weighted by Gasteiger charge is -2.57. The molecule has 1 saturated carbocycles. The number of nitriles is 1. The van der Waals surface area contributed by atoms with Gasteiger partial charge in [0.05, 0.1) is 5.57 Å². The van der Waals surface area contributed by atoms with Crippen LogP contribution in [0.5, 0.6) is 0 Å². The van der Waals surface area contributed by atoms with Crippen LogP contribution in [0.25, 0.3) is 0 Å². The van der Waals surface area contributed by atoms with Gasteiger partial charge in [-0.3, -0.25) is 9.59 Å². The molecule has 0 aliphatic heterocycles. The summed E-state index contributed by atoms with van der Waals surface area (Å²) >= 11 is 0. The van der Waals surface area contributed by atoms with Gasteiger partial charge in [-0.05, 0) is 31.6 Å². The Bertz CT molecular complexity index is 698. The molecule has 24 heavy (non-hydrogen) atoms. The van der Waals surface area contributed by atoms with Gasteiger partial charge in [0, 0.05) is 23.7 Å². The molecule has 128 valence electrons. The van der Waals surface area contributed by atoms with Crippen LogP contribution in [0.2, 0.25) is 0 Å². The fourth-order valence-electron chi connectivity index (χ4n) is 5.42. The van der Waals surface area contributed by atoms with Crippen LogP contribution in [0.3, 0.4) is 0 Å². The molecule has 0 aromatic rings. The van der Waals surface area contributed by atoms with Crippen molar-refractivity contribution >= 4 is 11.8 Å². The second-order valence-corrected chi connectivity index (χ2v) is 7.96. The Morgan fingerprint density at radius 3 is 2.71 bits per heavy atom. The third-order valence-corrected chi connectivity index (χ3v) is 6.58. The molecular formula is C20H25NO3. The second kappa shape index (κ2) is 5.58. The number of hydrogen-bond donors (Lipinski definition) is 0. The third-order valence-electron chi connectivity index (χ3n) is 6.58. The molecule has 3 aliphatic rings. The van der Waals surface area contributed by atoms with Crippen molar-refractivity contribution in [3.63, 3.8) is 0 Å². The topological polar surface area (TPSA) is 67.2 Å². The zero-order valence-corrected chi connectivity index (χ0v) is 14.9. The van der Waals surface area contributed by atoms with Crippen molar-refractivity contribution in [3.8, 4) is 6.07 Å². The fraction of sp³-hybridized carbons (Fsp3) is 0.650. The van der Waals surface area contributed by atoms with Crippen LogP contribution >= 0.6 is 0 Å². The van der Waals surface area contributed by atoms with Crippen LogP contribution in [0, 0.1) is 34.0 Å². The number of carbonyl (C=O) groups is 2.